The Morgan fingerprint density at radius 3 is 2.62 bits per heavy atom. The number of hydrogen-bond acceptors (Lipinski definition) is 3. The molecular weight excluding hydrogens is 479 g/mol. The topological polar surface area (TPSA) is 66.0 Å². The number of amides is 1. The Morgan fingerprint density at radius 1 is 1.17 bits per heavy atom. The van der Waals surface area contributed by atoms with E-state index in [1.54, 1.807) is 4.90 Å². The fraction of sp³-hybridized carbons (Fsp3) is 0.455. The Kier molecular flexibility index (Phi) is 9.50. The summed E-state index contributed by atoms with van der Waals surface area (Å²) in [4.78, 5) is 18.1. The lowest BCUT2D eigenvalue weighted by Crippen LogP contribution is -2.49. The number of likely N-dealkylation sites (tertiary alicyclic amines) is 1. The van der Waals surface area contributed by atoms with Gasteiger partial charge in [-0.3, -0.25) is 4.99 Å². The molecule has 0 aromatic heterocycles. The average molecular weight is 510 g/mol. The SMILES string of the molecule is CCNC(=NCCc1cccc2ccccc12)NC1CCN(C(=O)OC)CC1.I. The summed E-state index contributed by atoms with van der Waals surface area (Å²) in [6.45, 7) is 5.03. The van der Waals surface area contributed by atoms with Crippen molar-refractivity contribution in [1.82, 2.24) is 15.5 Å². The van der Waals surface area contributed by atoms with Crippen LogP contribution in [0.2, 0.25) is 0 Å². The predicted octanol–water partition coefficient (Wildman–Crippen LogP) is 3.79. The largest absolute Gasteiger partial charge is 0.453 e. The third-order valence-corrected chi connectivity index (χ3v) is 5.14. The lowest BCUT2D eigenvalue weighted by molar-refractivity contribution is 0.111. The van der Waals surface area contributed by atoms with Crippen LogP contribution in [0.25, 0.3) is 10.8 Å². The highest BCUT2D eigenvalue weighted by Crippen LogP contribution is 2.19. The first-order valence-electron chi connectivity index (χ1n) is 10.1. The molecule has 0 spiro atoms. The number of fused-ring (bicyclic) bond motifs is 1. The zero-order chi connectivity index (χ0) is 19.8. The second-order valence-corrected chi connectivity index (χ2v) is 7.02. The van der Waals surface area contributed by atoms with Crippen LogP contribution < -0.4 is 10.6 Å². The molecule has 0 bridgehead atoms. The van der Waals surface area contributed by atoms with E-state index >= 15 is 0 Å². The summed E-state index contributed by atoms with van der Waals surface area (Å²) in [6, 6.07) is 15.2. The molecule has 0 saturated carbocycles. The first-order valence-corrected chi connectivity index (χ1v) is 10.1. The average Bonchev–Trinajstić information content (AvgIpc) is 2.74. The third-order valence-electron chi connectivity index (χ3n) is 5.14. The van der Waals surface area contributed by atoms with Crippen molar-refractivity contribution in [2.24, 2.45) is 4.99 Å². The summed E-state index contributed by atoms with van der Waals surface area (Å²) in [5, 5.41) is 9.42. The molecule has 6 nitrogen and oxygen atoms in total. The van der Waals surface area contributed by atoms with E-state index in [0.717, 1.165) is 38.3 Å². The zero-order valence-electron chi connectivity index (χ0n) is 17.2. The van der Waals surface area contributed by atoms with Crippen LogP contribution in [-0.2, 0) is 11.2 Å². The van der Waals surface area contributed by atoms with Crippen molar-refractivity contribution in [2.75, 3.05) is 33.3 Å². The van der Waals surface area contributed by atoms with Crippen LogP contribution >= 0.6 is 24.0 Å². The molecule has 7 heteroatoms. The van der Waals surface area contributed by atoms with Gasteiger partial charge >= 0.3 is 6.09 Å². The number of carbonyl (C=O) groups excluding carboxylic acids is 1. The molecule has 2 N–H and O–H groups in total. The molecule has 158 valence electrons. The standard InChI is InChI=1S/C22H30N4O2.HI/c1-3-23-21(25-19-12-15-26(16-13-19)22(27)28-2)24-14-11-18-9-6-8-17-7-4-5-10-20(17)18;/h4-10,19H,3,11-16H2,1-2H3,(H2,23,24,25);1H. The molecule has 1 aliphatic heterocycles. The van der Waals surface area contributed by atoms with E-state index in [-0.39, 0.29) is 30.1 Å². The molecule has 0 radical (unpaired) electrons. The molecule has 2 aromatic carbocycles. The van der Waals surface area contributed by atoms with Crippen molar-refractivity contribution < 1.29 is 9.53 Å². The molecule has 0 atom stereocenters. The second kappa shape index (κ2) is 11.8. The van der Waals surface area contributed by atoms with Crippen molar-refractivity contribution in [3.63, 3.8) is 0 Å². The molecule has 29 heavy (non-hydrogen) atoms. The van der Waals surface area contributed by atoms with Gasteiger partial charge in [-0.25, -0.2) is 4.79 Å². The molecule has 0 unspecified atom stereocenters. The second-order valence-electron chi connectivity index (χ2n) is 7.02. The van der Waals surface area contributed by atoms with E-state index in [9.17, 15) is 4.79 Å². The van der Waals surface area contributed by atoms with E-state index in [2.05, 4.69) is 60.0 Å². The van der Waals surface area contributed by atoms with Gasteiger partial charge < -0.3 is 20.3 Å². The molecule has 1 amide bonds. The molecule has 1 heterocycles. The number of piperidine rings is 1. The number of halogens is 1. The Labute approximate surface area is 190 Å². The van der Waals surface area contributed by atoms with Crippen LogP contribution in [0.4, 0.5) is 4.79 Å². The molecule has 1 saturated heterocycles. The molecule has 0 aliphatic carbocycles. The van der Waals surface area contributed by atoms with Crippen LogP contribution in [0, 0.1) is 0 Å². The van der Waals surface area contributed by atoms with Gasteiger partial charge in [0, 0.05) is 32.2 Å². The first kappa shape index (κ1) is 23.3. The maximum atomic E-state index is 11.6. The van der Waals surface area contributed by atoms with Crippen LogP contribution in [0.5, 0.6) is 0 Å². The van der Waals surface area contributed by atoms with Gasteiger partial charge in [0.25, 0.3) is 0 Å². The number of carbonyl (C=O) groups is 1. The monoisotopic (exact) mass is 510 g/mol. The van der Waals surface area contributed by atoms with Gasteiger partial charge in [-0.1, -0.05) is 42.5 Å². The van der Waals surface area contributed by atoms with Gasteiger partial charge in [0.1, 0.15) is 0 Å². The smallest absolute Gasteiger partial charge is 0.409 e. The molecular formula is C22H31IN4O2. The van der Waals surface area contributed by atoms with Crippen molar-refractivity contribution in [1.29, 1.82) is 0 Å². The highest BCUT2D eigenvalue weighted by atomic mass is 127. The Bertz CT molecular complexity index is 814. The molecule has 1 aliphatic rings. The van der Waals surface area contributed by atoms with Gasteiger partial charge in [0.05, 0.1) is 7.11 Å². The maximum absolute atomic E-state index is 11.6. The van der Waals surface area contributed by atoms with Gasteiger partial charge in [0.15, 0.2) is 5.96 Å². The van der Waals surface area contributed by atoms with Crippen LogP contribution in [0.15, 0.2) is 47.5 Å². The number of ether oxygens (including phenoxy) is 1. The number of rotatable bonds is 5. The van der Waals surface area contributed by atoms with Crippen molar-refractivity contribution in [3.8, 4) is 0 Å². The van der Waals surface area contributed by atoms with Gasteiger partial charge in [-0.05, 0) is 42.5 Å². The number of methoxy groups -OCH3 is 1. The molecule has 1 fully saturated rings. The lowest BCUT2D eigenvalue weighted by Gasteiger charge is -2.32. The van der Waals surface area contributed by atoms with E-state index < -0.39 is 0 Å². The first-order chi connectivity index (χ1) is 13.7. The highest BCUT2D eigenvalue weighted by Gasteiger charge is 2.23. The minimum Gasteiger partial charge on any atom is -0.453 e. The zero-order valence-corrected chi connectivity index (χ0v) is 19.5. The summed E-state index contributed by atoms with van der Waals surface area (Å²) in [5.41, 5.74) is 1.32. The number of benzene rings is 2. The highest BCUT2D eigenvalue weighted by molar-refractivity contribution is 14.0. The summed E-state index contributed by atoms with van der Waals surface area (Å²) in [6.07, 6.45) is 2.44. The van der Waals surface area contributed by atoms with Crippen LogP contribution in [0.3, 0.4) is 0 Å². The fourth-order valence-electron chi connectivity index (χ4n) is 3.65. The summed E-state index contributed by atoms with van der Waals surface area (Å²) < 4.78 is 4.80. The fourth-order valence-corrected chi connectivity index (χ4v) is 3.65. The number of aliphatic imine (C=N–C) groups is 1. The quantitative estimate of drug-likeness (QED) is 0.365. The predicted molar refractivity (Wildman–Crippen MR) is 129 cm³/mol. The number of nitrogens with one attached hydrogen (secondary N) is 2. The van der Waals surface area contributed by atoms with E-state index in [1.807, 2.05) is 0 Å². The molecule has 2 aromatic rings. The van der Waals surface area contributed by atoms with Gasteiger partial charge in [-0.15, -0.1) is 24.0 Å². The summed E-state index contributed by atoms with van der Waals surface area (Å²) in [7, 11) is 1.43. The van der Waals surface area contributed by atoms with E-state index in [4.69, 9.17) is 9.73 Å². The van der Waals surface area contributed by atoms with E-state index in [1.165, 1.54) is 23.4 Å². The minimum absolute atomic E-state index is 0. The Hall–Kier alpha value is -2.03. The number of guanidine groups is 1. The van der Waals surface area contributed by atoms with Gasteiger partial charge in [0.2, 0.25) is 0 Å². The van der Waals surface area contributed by atoms with E-state index in [0.29, 0.717) is 19.1 Å². The van der Waals surface area contributed by atoms with Crippen molar-refractivity contribution >= 4 is 46.8 Å². The molecule has 3 rings (SSSR count). The van der Waals surface area contributed by atoms with Crippen molar-refractivity contribution in [2.45, 2.75) is 32.2 Å². The van der Waals surface area contributed by atoms with Crippen LogP contribution in [-0.4, -0.2) is 56.3 Å². The maximum Gasteiger partial charge on any atom is 0.409 e. The number of hydrogen-bond donors (Lipinski definition) is 2. The van der Waals surface area contributed by atoms with Crippen molar-refractivity contribution in [3.05, 3.63) is 48.0 Å². The Balaban J connectivity index is 0.00000300. The van der Waals surface area contributed by atoms with Crippen LogP contribution in [0.1, 0.15) is 25.3 Å². The number of nitrogens with zero attached hydrogens (tertiary/aromatic N) is 2. The Morgan fingerprint density at radius 2 is 1.90 bits per heavy atom. The third kappa shape index (κ3) is 6.48. The summed E-state index contributed by atoms with van der Waals surface area (Å²) in [5.74, 6) is 0.847. The lowest BCUT2D eigenvalue weighted by atomic mass is 10.0. The van der Waals surface area contributed by atoms with Gasteiger partial charge in [-0.2, -0.15) is 0 Å². The normalized spacial score (nSPS) is 15.0. The summed E-state index contributed by atoms with van der Waals surface area (Å²) >= 11 is 0. The minimum atomic E-state index is -0.242.